The van der Waals surface area contributed by atoms with Crippen molar-refractivity contribution >= 4 is 62.2 Å². The second-order valence-electron chi connectivity index (χ2n) is 8.52. The fraction of sp³-hybridized carbons (Fsp3) is 0.179. The lowest BCUT2D eigenvalue weighted by Crippen LogP contribution is -2.36. The van der Waals surface area contributed by atoms with Crippen LogP contribution in [0.3, 0.4) is 0 Å². The molecule has 11 nitrogen and oxygen atoms in total. The van der Waals surface area contributed by atoms with Gasteiger partial charge < -0.3 is 19.5 Å². The zero-order valence-corrected chi connectivity index (χ0v) is 24.3. The number of carbonyl (C=O) groups excluding carboxylic acids is 3. The van der Waals surface area contributed by atoms with E-state index in [-0.39, 0.29) is 17.2 Å². The molecule has 13 heteroatoms. The Labute approximate surface area is 247 Å². The second kappa shape index (κ2) is 13.3. The van der Waals surface area contributed by atoms with Crippen LogP contribution in [-0.4, -0.2) is 47.1 Å². The molecule has 1 heterocycles. The molecule has 0 unspecified atom stereocenters. The van der Waals surface area contributed by atoms with Crippen LogP contribution in [0.1, 0.15) is 18.1 Å². The first-order chi connectivity index (χ1) is 19.7. The third-order valence-electron chi connectivity index (χ3n) is 5.71. The lowest BCUT2D eigenvalue weighted by atomic mass is 10.1. The molecular weight excluding hydrogens is 618 g/mol. The highest BCUT2D eigenvalue weighted by molar-refractivity contribution is 9.10. The maximum atomic E-state index is 13.0. The molecule has 0 radical (unpaired) electrons. The van der Waals surface area contributed by atoms with Gasteiger partial charge in [0.05, 0.1) is 28.0 Å². The summed E-state index contributed by atoms with van der Waals surface area (Å²) in [4.78, 5) is 49.5. The molecule has 0 aliphatic carbocycles. The smallest absolute Gasteiger partial charge is 0.294 e. The summed E-state index contributed by atoms with van der Waals surface area (Å²) < 4.78 is 17.3. The summed E-state index contributed by atoms with van der Waals surface area (Å²) in [5.41, 5.74) is 1.77. The summed E-state index contributed by atoms with van der Waals surface area (Å²) >= 11 is 4.22. The van der Waals surface area contributed by atoms with Crippen molar-refractivity contribution in [3.63, 3.8) is 0 Å². The van der Waals surface area contributed by atoms with E-state index >= 15 is 0 Å². The number of non-ortho nitro benzene ring substituents is 1. The molecule has 1 saturated heterocycles. The third-order valence-corrected chi connectivity index (χ3v) is 7.21. The van der Waals surface area contributed by atoms with E-state index in [0.29, 0.717) is 39.6 Å². The van der Waals surface area contributed by atoms with Gasteiger partial charge in [0.2, 0.25) is 5.91 Å². The fourth-order valence-electron chi connectivity index (χ4n) is 3.75. The molecule has 0 aromatic heterocycles. The Bertz CT molecular complexity index is 1510. The van der Waals surface area contributed by atoms with Crippen LogP contribution in [-0.2, 0) is 16.2 Å². The lowest BCUT2D eigenvalue weighted by molar-refractivity contribution is -0.384. The Morgan fingerprint density at radius 1 is 1.10 bits per heavy atom. The van der Waals surface area contributed by atoms with Crippen LogP contribution in [0.2, 0.25) is 0 Å². The summed E-state index contributed by atoms with van der Waals surface area (Å²) in [6.45, 7) is 1.84. The van der Waals surface area contributed by atoms with Crippen molar-refractivity contribution in [3.05, 3.63) is 91.3 Å². The number of thioether (sulfide) groups is 1. The molecule has 41 heavy (non-hydrogen) atoms. The van der Waals surface area contributed by atoms with Crippen LogP contribution >= 0.6 is 27.7 Å². The van der Waals surface area contributed by atoms with Gasteiger partial charge in [0.15, 0.2) is 11.5 Å². The van der Waals surface area contributed by atoms with Crippen molar-refractivity contribution < 1.29 is 33.5 Å². The topological polar surface area (TPSA) is 137 Å². The van der Waals surface area contributed by atoms with Crippen molar-refractivity contribution in [1.82, 2.24) is 4.90 Å². The molecule has 0 atom stereocenters. The highest BCUT2D eigenvalue weighted by Gasteiger charge is 2.36. The van der Waals surface area contributed by atoms with Gasteiger partial charge in [-0.3, -0.25) is 29.4 Å². The first-order valence-corrected chi connectivity index (χ1v) is 13.8. The number of nitrogens with one attached hydrogen (secondary N) is 1. The molecule has 0 spiro atoms. The Morgan fingerprint density at radius 2 is 1.80 bits per heavy atom. The van der Waals surface area contributed by atoms with Crippen LogP contribution in [0.15, 0.2) is 70.0 Å². The number of carbonyl (C=O) groups is 3. The molecule has 0 bridgehead atoms. The Morgan fingerprint density at radius 3 is 2.44 bits per heavy atom. The number of benzene rings is 3. The van der Waals surface area contributed by atoms with Crippen LogP contribution in [0.5, 0.6) is 17.2 Å². The van der Waals surface area contributed by atoms with Gasteiger partial charge in [0.25, 0.3) is 16.8 Å². The van der Waals surface area contributed by atoms with E-state index in [4.69, 9.17) is 14.2 Å². The molecule has 1 fully saturated rings. The van der Waals surface area contributed by atoms with Gasteiger partial charge in [-0.25, -0.2) is 0 Å². The normalized spacial score (nSPS) is 13.8. The van der Waals surface area contributed by atoms with Crippen LogP contribution < -0.4 is 19.5 Å². The standard InChI is InChI=1S/C28H24BrN3O8S/c1-3-39-23-13-18(12-22(29)26(23)40-16-17-4-8-20(9-5-17)32(36)37)14-24-27(34)31(28(35)41-24)15-25(33)30-19-6-10-21(38-2)11-7-19/h4-14H,3,15-16H2,1-2H3,(H,30,33)/b24-14+. The van der Waals surface area contributed by atoms with E-state index in [1.807, 2.05) is 6.92 Å². The monoisotopic (exact) mass is 641 g/mol. The number of anilines is 1. The van der Waals surface area contributed by atoms with Crippen LogP contribution in [0.4, 0.5) is 16.2 Å². The molecule has 212 valence electrons. The maximum absolute atomic E-state index is 13.0. The van der Waals surface area contributed by atoms with Crippen molar-refractivity contribution in [3.8, 4) is 17.2 Å². The van der Waals surface area contributed by atoms with Gasteiger partial charge in [-0.05, 0) is 100 Å². The van der Waals surface area contributed by atoms with E-state index in [0.717, 1.165) is 22.2 Å². The zero-order chi connectivity index (χ0) is 29.5. The number of hydrogen-bond donors (Lipinski definition) is 1. The summed E-state index contributed by atoms with van der Waals surface area (Å²) in [7, 11) is 1.53. The van der Waals surface area contributed by atoms with Crippen LogP contribution in [0, 0.1) is 10.1 Å². The molecule has 3 aromatic rings. The van der Waals surface area contributed by atoms with E-state index in [1.165, 1.54) is 19.2 Å². The molecule has 4 rings (SSSR count). The van der Waals surface area contributed by atoms with Gasteiger partial charge in [-0.2, -0.15) is 0 Å². The number of halogens is 1. The van der Waals surface area contributed by atoms with E-state index in [2.05, 4.69) is 21.2 Å². The predicted molar refractivity (Wildman–Crippen MR) is 157 cm³/mol. The lowest BCUT2D eigenvalue weighted by Gasteiger charge is -2.15. The van der Waals surface area contributed by atoms with E-state index < -0.39 is 28.5 Å². The highest BCUT2D eigenvalue weighted by Crippen LogP contribution is 2.40. The number of amides is 3. The minimum Gasteiger partial charge on any atom is -0.497 e. The van der Waals surface area contributed by atoms with Gasteiger partial charge in [0, 0.05) is 17.8 Å². The number of hydrogen-bond acceptors (Lipinski definition) is 9. The van der Waals surface area contributed by atoms with Crippen molar-refractivity contribution in [2.75, 3.05) is 25.6 Å². The van der Waals surface area contributed by atoms with Gasteiger partial charge in [0.1, 0.15) is 18.9 Å². The van der Waals surface area contributed by atoms with Crippen LogP contribution in [0.25, 0.3) is 6.08 Å². The van der Waals surface area contributed by atoms with E-state index in [1.54, 1.807) is 54.6 Å². The highest BCUT2D eigenvalue weighted by atomic mass is 79.9. The van der Waals surface area contributed by atoms with Gasteiger partial charge in [-0.1, -0.05) is 0 Å². The molecule has 3 amide bonds. The van der Waals surface area contributed by atoms with Gasteiger partial charge in [-0.15, -0.1) is 0 Å². The zero-order valence-electron chi connectivity index (χ0n) is 21.9. The minimum absolute atomic E-state index is 0.0171. The summed E-state index contributed by atoms with van der Waals surface area (Å²) in [6, 6.07) is 16.0. The number of nitrogens with zero attached hydrogens (tertiary/aromatic N) is 2. The molecule has 3 aromatic carbocycles. The van der Waals surface area contributed by atoms with Crippen molar-refractivity contribution in [2.24, 2.45) is 0 Å². The average molecular weight is 642 g/mol. The first-order valence-electron chi connectivity index (χ1n) is 12.2. The number of methoxy groups -OCH3 is 1. The Kier molecular flexibility index (Phi) is 9.63. The Balaban J connectivity index is 1.46. The number of imide groups is 1. The summed E-state index contributed by atoms with van der Waals surface area (Å²) in [5.74, 6) is 0.327. The largest absolute Gasteiger partial charge is 0.497 e. The Hall–Kier alpha value is -4.36. The fourth-order valence-corrected chi connectivity index (χ4v) is 5.16. The van der Waals surface area contributed by atoms with Crippen molar-refractivity contribution in [1.29, 1.82) is 0 Å². The number of nitro groups is 1. The predicted octanol–water partition coefficient (Wildman–Crippen LogP) is 6.02. The number of rotatable bonds is 11. The molecule has 1 aliphatic rings. The summed E-state index contributed by atoms with van der Waals surface area (Å²) in [5, 5.41) is 13.0. The molecule has 1 N–H and O–H groups in total. The van der Waals surface area contributed by atoms with Crippen molar-refractivity contribution in [2.45, 2.75) is 13.5 Å². The second-order valence-corrected chi connectivity index (χ2v) is 10.4. The minimum atomic E-state index is -0.586. The SMILES string of the molecule is CCOc1cc(/C=C2/SC(=O)N(CC(=O)Nc3ccc(OC)cc3)C2=O)cc(Br)c1OCc1ccc([N+](=O)[O-])cc1. The number of nitro benzene ring substituents is 1. The average Bonchev–Trinajstić information content (AvgIpc) is 3.20. The third kappa shape index (κ3) is 7.44. The quantitative estimate of drug-likeness (QED) is 0.151. The molecule has 0 saturated carbocycles. The molecular formula is C28H24BrN3O8S. The summed E-state index contributed by atoms with van der Waals surface area (Å²) in [6.07, 6.45) is 1.54. The molecule has 1 aliphatic heterocycles. The van der Waals surface area contributed by atoms with E-state index in [9.17, 15) is 24.5 Å². The number of ether oxygens (including phenoxy) is 3. The van der Waals surface area contributed by atoms with Gasteiger partial charge >= 0.3 is 0 Å². The maximum Gasteiger partial charge on any atom is 0.294 e. The first kappa shape index (κ1) is 29.6.